The molecule has 3 fully saturated rings. The molecule has 0 bridgehead atoms. The zero-order valence-electron chi connectivity index (χ0n) is 13.4. The fourth-order valence-corrected chi connectivity index (χ4v) is 3.59. The molecule has 2 aliphatic heterocycles. The van der Waals surface area contributed by atoms with E-state index in [0.29, 0.717) is 17.7 Å². The van der Waals surface area contributed by atoms with Crippen molar-refractivity contribution >= 4 is 5.91 Å². The second kappa shape index (κ2) is 6.09. The van der Waals surface area contributed by atoms with Crippen molar-refractivity contribution in [2.75, 3.05) is 26.2 Å². The molecule has 3 heterocycles. The zero-order valence-corrected chi connectivity index (χ0v) is 13.4. The first-order valence-corrected chi connectivity index (χ1v) is 8.60. The largest absolute Gasteiger partial charge is 0.360 e. The van der Waals surface area contributed by atoms with Gasteiger partial charge in [-0.15, -0.1) is 0 Å². The maximum absolute atomic E-state index is 12.4. The van der Waals surface area contributed by atoms with Gasteiger partial charge in [0, 0.05) is 31.1 Å². The first-order valence-electron chi connectivity index (χ1n) is 8.60. The third kappa shape index (κ3) is 3.19. The highest BCUT2D eigenvalue weighted by atomic mass is 16.5. The summed E-state index contributed by atoms with van der Waals surface area (Å²) in [4.78, 5) is 14.8. The average Bonchev–Trinajstić information content (AvgIpc) is 3.18. The highest BCUT2D eigenvalue weighted by Crippen LogP contribution is 2.40. The van der Waals surface area contributed by atoms with Crippen LogP contribution in [0.1, 0.15) is 47.8 Å². The van der Waals surface area contributed by atoms with Crippen LogP contribution in [0.2, 0.25) is 0 Å². The Morgan fingerprint density at radius 1 is 1.35 bits per heavy atom. The molecule has 0 radical (unpaired) electrons. The van der Waals surface area contributed by atoms with Crippen LogP contribution in [0.15, 0.2) is 22.7 Å². The van der Waals surface area contributed by atoms with Crippen molar-refractivity contribution in [2.45, 2.75) is 43.7 Å². The Morgan fingerprint density at radius 2 is 2.13 bits per heavy atom. The van der Waals surface area contributed by atoms with Gasteiger partial charge in [0.05, 0.1) is 6.04 Å². The summed E-state index contributed by atoms with van der Waals surface area (Å²) in [5, 5.41) is 10.4. The number of hydrogen-bond donors (Lipinski definition) is 2. The Bertz CT molecular complexity index is 601. The molecule has 4 rings (SSSR count). The minimum Gasteiger partial charge on any atom is -0.360 e. The summed E-state index contributed by atoms with van der Waals surface area (Å²) in [7, 11) is 0. The average molecular weight is 316 g/mol. The molecule has 1 amide bonds. The maximum Gasteiger partial charge on any atom is 0.273 e. The van der Waals surface area contributed by atoms with Gasteiger partial charge in [-0.3, -0.25) is 9.69 Å². The molecular formula is C17H24N4O2. The summed E-state index contributed by atoms with van der Waals surface area (Å²) in [6.45, 7) is 8.04. The molecule has 2 saturated heterocycles. The molecular weight excluding hydrogens is 292 g/mol. The molecule has 1 aliphatic carbocycles. The summed E-state index contributed by atoms with van der Waals surface area (Å²) >= 11 is 0. The van der Waals surface area contributed by atoms with Gasteiger partial charge in [0.25, 0.3) is 5.91 Å². The van der Waals surface area contributed by atoms with Crippen LogP contribution in [0, 0.1) is 0 Å². The van der Waals surface area contributed by atoms with E-state index in [9.17, 15) is 4.79 Å². The summed E-state index contributed by atoms with van der Waals surface area (Å²) in [6.07, 6.45) is 4.62. The number of aromatic nitrogens is 1. The summed E-state index contributed by atoms with van der Waals surface area (Å²) in [5.74, 6) is 1.16. The van der Waals surface area contributed by atoms with Crippen LogP contribution in [-0.2, 0) is 0 Å². The van der Waals surface area contributed by atoms with Gasteiger partial charge in [0.1, 0.15) is 5.76 Å². The van der Waals surface area contributed by atoms with Gasteiger partial charge < -0.3 is 15.2 Å². The van der Waals surface area contributed by atoms with E-state index >= 15 is 0 Å². The van der Waals surface area contributed by atoms with Gasteiger partial charge in [0.15, 0.2) is 5.69 Å². The Balaban J connectivity index is 1.35. The van der Waals surface area contributed by atoms with Gasteiger partial charge in [-0.2, -0.15) is 0 Å². The van der Waals surface area contributed by atoms with Crippen molar-refractivity contribution in [3.63, 3.8) is 0 Å². The van der Waals surface area contributed by atoms with Gasteiger partial charge in [-0.1, -0.05) is 11.7 Å². The third-order valence-electron chi connectivity index (χ3n) is 5.19. The zero-order chi connectivity index (χ0) is 15.8. The monoisotopic (exact) mass is 316 g/mol. The quantitative estimate of drug-likeness (QED) is 0.819. The van der Waals surface area contributed by atoms with E-state index in [0.717, 1.165) is 50.4 Å². The summed E-state index contributed by atoms with van der Waals surface area (Å²) < 4.78 is 5.27. The van der Waals surface area contributed by atoms with Crippen LogP contribution in [0.3, 0.4) is 0 Å². The molecule has 1 aromatic heterocycles. The Morgan fingerprint density at radius 3 is 2.87 bits per heavy atom. The molecule has 3 aliphatic rings. The van der Waals surface area contributed by atoms with Crippen LogP contribution in [0.5, 0.6) is 0 Å². The highest BCUT2D eigenvalue weighted by molar-refractivity contribution is 5.92. The van der Waals surface area contributed by atoms with E-state index in [1.54, 1.807) is 6.07 Å². The molecule has 0 spiro atoms. The van der Waals surface area contributed by atoms with Crippen LogP contribution >= 0.6 is 0 Å². The van der Waals surface area contributed by atoms with Crippen molar-refractivity contribution in [2.24, 2.45) is 0 Å². The Labute approximate surface area is 136 Å². The molecule has 0 aromatic carbocycles. The highest BCUT2D eigenvalue weighted by Gasteiger charge is 2.33. The predicted molar refractivity (Wildman–Crippen MR) is 86.3 cm³/mol. The molecule has 1 saturated carbocycles. The van der Waals surface area contributed by atoms with Gasteiger partial charge in [-0.05, 0) is 44.3 Å². The fraction of sp³-hybridized carbons (Fsp3) is 0.647. The third-order valence-corrected chi connectivity index (χ3v) is 5.19. The van der Waals surface area contributed by atoms with Crippen LogP contribution in [-0.4, -0.2) is 54.2 Å². The van der Waals surface area contributed by atoms with E-state index in [4.69, 9.17) is 4.52 Å². The van der Waals surface area contributed by atoms with E-state index in [2.05, 4.69) is 27.3 Å². The normalized spacial score (nSPS) is 26.6. The van der Waals surface area contributed by atoms with Crippen molar-refractivity contribution in [1.29, 1.82) is 0 Å². The minimum atomic E-state index is -0.154. The van der Waals surface area contributed by atoms with Gasteiger partial charge in [-0.25, -0.2) is 0 Å². The smallest absolute Gasteiger partial charge is 0.273 e. The SMILES string of the molecule is C=C1CN(C2CCNCC2)C[C@H]1NC(=O)c1cc(C2CC2)on1. The number of piperidine rings is 1. The molecule has 1 atom stereocenters. The van der Waals surface area contributed by atoms with Crippen molar-refractivity contribution in [1.82, 2.24) is 20.7 Å². The molecule has 0 unspecified atom stereocenters. The number of likely N-dealkylation sites (tertiary alicyclic amines) is 1. The van der Waals surface area contributed by atoms with Crippen molar-refractivity contribution < 1.29 is 9.32 Å². The van der Waals surface area contributed by atoms with E-state index in [-0.39, 0.29) is 11.9 Å². The predicted octanol–water partition coefficient (Wildman–Crippen LogP) is 1.27. The Kier molecular flexibility index (Phi) is 3.95. The van der Waals surface area contributed by atoms with Crippen LogP contribution in [0.4, 0.5) is 0 Å². The summed E-state index contributed by atoms with van der Waals surface area (Å²) in [6, 6.07) is 2.40. The second-order valence-corrected chi connectivity index (χ2v) is 6.98. The van der Waals surface area contributed by atoms with Crippen molar-refractivity contribution in [3.05, 3.63) is 29.7 Å². The van der Waals surface area contributed by atoms with E-state index in [1.807, 2.05) is 0 Å². The first-order chi connectivity index (χ1) is 11.2. The fourth-order valence-electron chi connectivity index (χ4n) is 3.59. The van der Waals surface area contributed by atoms with Gasteiger partial charge in [0.2, 0.25) is 0 Å². The molecule has 124 valence electrons. The Hall–Kier alpha value is -1.66. The number of rotatable bonds is 4. The number of nitrogens with zero attached hydrogens (tertiary/aromatic N) is 2. The van der Waals surface area contributed by atoms with Crippen LogP contribution < -0.4 is 10.6 Å². The number of nitrogens with one attached hydrogen (secondary N) is 2. The van der Waals surface area contributed by atoms with E-state index < -0.39 is 0 Å². The number of hydrogen-bond acceptors (Lipinski definition) is 5. The number of amides is 1. The lowest BCUT2D eigenvalue weighted by Crippen LogP contribution is -2.44. The lowest BCUT2D eigenvalue weighted by molar-refractivity contribution is 0.0929. The summed E-state index contributed by atoms with van der Waals surface area (Å²) in [5.41, 5.74) is 1.47. The first kappa shape index (κ1) is 14.9. The molecule has 1 aromatic rings. The van der Waals surface area contributed by atoms with Crippen LogP contribution in [0.25, 0.3) is 0 Å². The maximum atomic E-state index is 12.4. The van der Waals surface area contributed by atoms with E-state index in [1.165, 1.54) is 12.8 Å². The van der Waals surface area contributed by atoms with Crippen molar-refractivity contribution in [3.8, 4) is 0 Å². The molecule has 6 heteroatoms. The molecule has 6 nitrogen and oxygen atoms in total. The number of carbonyl (C=O) groups excluding carboxylic acids is 1. The second-order valence-electron chi connectivity index (χ2n) is 6.98. The molecule has 2 N–H and O–H groups in total. The minimum absolute atomic E-state index is 0.0125. The topological polar surface area (TPSA) is 70.4 Å². The van der Waals surface area contributed by atoms with Gasteiger partial charge >= 0.3 is 0 Å². The molecule has 23 heavy (non-hydrogen) atoms. The lowest BCUT2D eigenvalue weighted by atomic mass is 10.1. The number of carbonyl (C=O) groups is 1. The standard InChI is InChI=1S/C17H24N4O2/c1-11-9-21(13-4-6-18-7-5-13)10-15(11)19-17(22)14-8-16(23-20-14)12-2-3-12/h8,12-13,15,18H,1-7,9-10H2,(H,19,22)/t15-/m1/s1. The lowest BCUT2D eigenvalue weighted by Gasteiger charge is -2.31.